The van der Waals surface area contributed by atoms with Crippen LogP contribution in [-0.4, -0.2) is 18.2 Å². The Labute approximate surface area is 112 Å². The second-order valence-electron chi connectivity index (χ2n) is 6.87. The second-order valence-corrected chi connectivity index (χ2v) is 6.87. The Bertz CT molecular complexity index is 286. The minimum Gasteiger partial charge on any atom is -0.450 e. The van der Waals surface area contributed by atoms with Crippen molar-refractivity contribution in [3.8, 4) is 0 Å². The fraction of sp³-hybridized carbons (Fsp3) is 0.933. The fourth-order valence-electron chi connectivity index (χ4n) is 2.54. The zero-order chi connectivity index (χ0) is 13.8. The molecule has 106 valence electrons. The molecule has 0 spiro atoms. The van der Waals surface area contributed by atoms with Crippen LogP contribution in [0.2, 0.25) is 0 Å². The van der Waals surface area contributed by atoms with Gasteiger partial charge >= 0.3 is 6.09 Å². The van der Waals surface area contributed by atoms with E-state index in [0.717, 1.165) is 19.3 Å². The average molecular weight is 255 g/mol. The Morgan fingerprint density at radius 3 is 2.39 bits per heavy atom. The molecule has 0 aromatic carbocycles. The lowest BCUT2D eigenvalue weighted by Gasteiger charge is -2.48. The third-order valence-electron chi connectivity index (χ3n) is 4.53. The summed E-state index contributed by atoms with van der Waals surface area (Å²) in [5, 5.41) is 3.10. The SMILES string of the molecule is CC(C)CCOC(=O)NC1(C)CCCCC1(C)C. The van der Waals surface area contributed by atoms with E-state index in [1.807, 2.05) is 0 Å². The van der Waals surface area contributed by atoms with Crippen LogP contribution < -0.4 is 5.32 Å². The molecule has 3 heteroatoms. The standard InChI is InChI=1S/C15H29NO2/c1-12(2)8-11-18-13(17)16-15(5)10-7-6-9-14(15,3)4/h12H,6-11H2,1-5H3,(H,16,17). The molecule has 0 saturated heterocycles. The monoisotopic (exact) mass is 255 g/mol. The first-order valence-corrected chi connectivity index (χ1v) is 7.22. The largest absolute Gasteiger partial charge is 0.450 e. The van der Waals surface area contributed by atoms with Gasteiger partial charge in [0, 0.05) is 5.54 Å². The number of hydrogen-bond donors (Lipinski definition) is 1. The van der Waals surface area contributed by atoms with Gasteiger partial charge in [0.25, 0.3) is 0 Å². The Balaban J connectivity index is 2.46. The Morgan fingerprint density at radius 2 is 1.83 bits per heavy atom. The summed E-state index contributed by atoms with van der Waals surface area (Å²) < 4.78 is 5.26. The number of amides is 1. The van der Waals surface area contributed by atoms with Gasteiger partial charge in [-0.15, -0.1) is 0 Å². The molecular formula is C15H29NO2. The van der Waals surface area contributed by atoms with Gasteiger partial charge < -0.3 is 10.1 Å². The summed E-state index contributed by atoms with van der Waals surface area (Å²) in [5.74, 6) is 0.569. The third-order valence-corrected chi connectivity index (χ3v) is 4.53. The Hall–Kier alpha value is -0.730. The molecule has 0 bridgehead atoms. The molecule has 1 unspecified atom stereocenters. The highest BCUT2D eigenvalue weighted by Gasteiger charge is 2.44. The van der Waals surface area contributed by atoms with E-state index in [4.69, 9.17) is 4.74 Å². The van der Waals surface area contributed by atoms with Crippen molar-refractivity contribution >= 4 is 6.09 Å². The lowest BCUT2D eigenvalue weighted by Crippen LogP contribution is -2.57. The van der Waals surface area contributed by atoms with E-state index in [-0.39, 0.29) is 17.0 Å². The molecular weight excluding hydrogens is 226 g/mol. The molecule has 1 aliphatic rings. The zero-order valence-corrected chi connectivity index (χ0v) is 12.6. The topological polar surface area (TPSA) is 38.3 Å². The van der Waals surface area contributed by atoms with Crippen LogP contribution in [0.1, 0.15) is 66.7 Å². The molecule has 3 nitrogen and oxygen atoms in total. The Morgan fingerprint density at radius 1 is 1.22 bits per heavy atom. The molecule has 1 aliphatic carbocycles. The minimum atomic E-state index is -0.256. The van der Waals surface area contributed by atoms with Gasteiger partial charge in [-0.25, -0.2) is 4.79 Å². The number of ether oxygens (including phenoxy) is 1. The van der Waals surface area contributed by atoms with E-state index in [9.17, 15) is 4.79 Å². The highest BCUT2D eigenvalue weighted by Crippen LogP contribution is 2.43. The maximum Gasteiger partial charge on any atom is 0.407 e. The van der Waals surface area contributed by atoms with Crippen molar-refractivity contribution in [2.45, 2.75) is 72.3 Å². The van der Waals surface area contributed by atoms with Gasteiger partial charge in [0.1, 0.15) is 0 Å². The molecule has 1 amide bonds. The van der Waals surface area contributed by atoms with Crippen molar-refractivity contribution in [1.82, 2.24) is 5.32 Å². The number of carbonyl (C=O) groups is 1. The van der Waals surface area contributed by atoms with Gasteiger partial charge in [0.15, 0.2) is 0 Å². The van der Waals surface area contributed by atoms with E-state index in [2.05, 4.69) is 39.9 Å². The van der Waals surface area contributed by atoms with E-state index < -0.39 is 0 Å². The van der Waals surface area contributed by atoms with Gasteiger partial charge in [-0.1, -0.05) is 40.5 Å². The predicted molar refractivity (Wildman–Crippen MR) is 74.6 cm³/mol. The summed E-state index contributed by atoms with van der Waals surface area (Å²) in [6, 6.07) is 0. The van der Waals surface area contributed by atoms with Crippen molar-refractivity contribution in [1.29, 1.82) is 0 Å². The Kier molecular flexibility index (Phi) is 5.06. The normalized spacial score (nSPS) is 27.0. The number of nitrogens with one attached hydrogen (secondary N) is 1. The lowest BCUT2D eigenvalue weighted by molar-refractivity contribution is 0.0626. The van der Waals surface area contributed by atoms with Crippen LogP contribution in [0.25, 0.3) is 0 Å². The number of carbonyl (C=O) groups excluding carboxylic acids is 1. The van der Waals surface area contributed by atoms with Crippen molar-refractivity contribution in [2.24, 2.45) is 11.3 Å². The van der Waals surface area contributed by atoms with Crippen LogP contribution in [-0.2, 0) is 4.74 Å². The smallest absolute Gasteiger partial charge is 0.407 e. The molecule has 1 N–H and O–H groups in total. The first kappa shape index (κ1) is 15.3. The van der Waals surface area contributed by atoms with Crippen LogP contribution in [0.4, 0.5) is 4.79 Å². The van der Waals surface area contributed by atoms with Crippen LogP contribution >= 0.6 is 0 Å². The molecule has 0 aromatic rings. The van der Waals surface area contributed by atoms with Crippen LogP contribution in [0.15, 0.2) is 0 Å². The van der Waals surface area contributed by atoms with Crippen molar-refractivity contribution in [3.63, 3.8) is 0 Å². The molecule has 18 heavy (non-hydrogen) atoms. The van der Waals surface area contributed by atoms with Crippen LogP contribution in [0.3, 0.4) is 0 Å². The lowest BCUT2D eigenvalue weighted by atomic mass is 9.64. The maximum absolute atomic E-state index is 11.9. The van der Waals surface area contributed by atoms with E-state index in [1.165, 1.54) is 12.8 Å². The minimum absolute atomic E-state index is 0.139. The van der Waals surface area contributed by atoms with Crippen molar-refractivity contribution in [3.05, 3.63) is 0 Å². The van der Waals surface area contributed by atoms with Crippen LogP contribution in [0, 0.1) is 11.3 Å². The number of alkyl carbamates (subject to hydrolysis) is 1. The molecule has 1 atom stereocenters. The van der Waals surface area contributed by atoms with Gasteiger partial charge in [-0.05, 0) is 37.5 Å². The summed E-state index contributed by atoms with van der Waals surface area (Å²) in [4.78, 5) is 11.9. The maximum atomic E-state index is 11.9. The first-order valence-electron chi connectivity index (χ1n) is 7.22. The average Bonchev–Trinajstić information content (AvgIpc) is 2.22. The van der Waals surface area contributed by atoms with E-state index in [0.29, 0.717) is 12.5 Å². The summed E-state index contributed by atoms with van der Waals surface area (Å²) in [6.07, 6.45) is 5.31. The second kappa shape index (κ2) is 5.94. The molecule has 1 saturated carbocycles. The summed E-state index contributed by atoms with van der Waals surface area (Å²) in [7, 11) is 0. The van der Waals surface area contributed by atoms with Gasteiger partial charge in [-0.2, -0.15) is 0 Å². The summed E-state index contributed by atoms with van der Waals surface area (Å²) in [5.41, 5.74) is 0.00246. The summed E-state index contributed by atoms with van der Waals surface area (Å²) in [6.45, 7) is 11.4. The van der Waals surface area contributed by atoms with Crippen LogP contribution in [0.5, 0.6) is 0 Å². The molecule has 0 radical (unpaired) electrons. The van der Waals surface area contributed by atoms with Gasteiger partial charge in [0.05, 0.1) is 6.61 Å². The summed E-state index contributed by atoms with van der Waals surface area (Å²) >= 11 is 0. The number of rotatable bonds is 4. The van der Waals surface area contributed by atoms with Gasteiger partial charge in [-0.3, -0.25) is 0 Å². The highest BCUT2D eigenvalue weighted by atomic mass is 16.5. The molecule has 0 aliphatic heterocycles. The highest BCUT2D eigenvalue weighted by molar-refractivity contribution is 5.68. The molecule has 0 aromatic heterocycles. The molecule has 1 fully saturated rings. The number of hydrogen-bond acceptors (Lipinski definition) is 2. The van der Waals surface area contributed by atoms with E-state index in [1.54, 1.807) is 0 Å². The van der Waals surface area contributed by atoms with Crippen molar-refractivity contribution in [2.75, 3.05) is 6.61 Å². The van der Waals surface area contributed by atoms with E-state index >= 15 is 0 Å². The molecule has 1 rings (SSSR count). The van der Waals surface area contributed by atoms with Crippen molar-refractivity contribution < 1.29 is 9.53 Å². The van der Waals surface area contributed by atoms with Gasteiger partial charge in [0.2, 0.25) is 0 Å². The zero-order valence-electron chi connectivity index (χ0n) is 12.6. The quantitative estimate of drug-likeness (QED) is 0.820. The first-order chi connectivity index (χ1) is 8.27. The third kappa shape index (κ3) is 3.89. The molecule has 0 heterocycles. The fourth-order valence-corrected chi connectivity index (χ4v) is 2.54. The predicted octanol–water partition coefficient (Wildman–Crippen LogP) is 4.12.